The zero-order valence-electron chi connectivity index (χ0n) is 11.8. The van der Waals surface area contributed by atoms with Crippen LogP contribution < -0.4 is 0 Å². The van der Waals surface area contributed by atoms with Crippen molar-refractivity contribution in [1.29, 1.82) is 0 Å². The molecule has 0 radical (unpaired) electrons. The van der Waals surface area contributed by atoms with Crippen molar-refractivity contribution in [3.8, 4) is 0 Å². The molecule has 2 heteroatoms. The molecular formula is C19H17OP. The van der Waals surface area contributed by atoms with Gasteiger partial charge in [0.25, 0.3) is 0 Å². The van der Waals surface area contributed by atoms with Crippen molar-refractivity contribution in [2.45, 2.75) is 16.7 Å². The summed E-state index contributed by atoms with van der Waals surface area (Å²) in [5.41, 5.74) is 2.89. The summed E-state index contributed by atoms with van der Waals surface area (Å²) in [5, 5.41) is 0.307. The van der Waals surface area contributed by atoms with Crippen molar-refractivity contribution in [2.24, 2.45) is 5.92 Å². The van der Waals surface area contributed by atoms with Crippen molar-refractivity contribution in [3.05, 3.63) is 83.9 Å². The molecule has 0 saturated carbocycles. The maximum atomic E-state index is 6.36. The maximum Gasteiger partial charge on any atom is 0.0637 e. The monoisotopic (exact) mass is 292 g/mol. The van der Waals surface area contributed by atoms with Crippen molar-refractivity contribution in [1.82, 2.24) is 0 Å². The number of hydrogen-bond donors (Lipinski definition) is 0. The van der Waals surface area contributed by atoms with E-state index in [-0.39, 0.29) is 10.3 Å². The van der Waals surface area contributed by atoms with E-state index in [9.17, 15) is 0 Å². The van der Waals surface area contributed by atoms with E-state index in [0.29, 0.717) is 5.92 Å². The van der Waals surface area contributed by atoms with E-state index in [2.05, 4.69) is 72.8 Å². The van der Waals surface area contributed by atoms with Crippen LogP contribution in [-0.2, 0) is 14.8 Å². The van der Waals surface area contributed by atoms with E-state index in [1.165, 1.54) is 17.5 Å². The molecule has 0 amide bonds. The molecule has 0 spiro atoms. The van der Waals surface area contributed by atoms with Gasteiger partial charge in [0, 0.05) is 5.92 Å². The van der Waals surface area contributed by atoms with Crippen molar-refractivity contribution < 1.29 is 4.52 Å². The predicted molar refractivity (Wildman–Crippen MR) is 86.4 cm³/mol. The topological polar surface area (TPSA) is 9.23 Å². The van der Waals surface area contributed by atoms with Gasteiger partial charge in [-0.3, -0.25) is 0 Å². The lowest BCUT2D eigenvalue weighted by atomic mass is 9.74. The smallest absolute Gasteiger partial charge is 0.0637 e. The van der Waals surface area contributed by atoms with E-state index >= 15 is 0 Å². The van der Waals surface area contributed by atoms with Gasteiger partial charge in [0.05, 0.1) is 25.1 Å². The minimum atomic E-state index is -0.512. The summed E-state index contributed by atoms with van der Waals surface area (Å²) in [5.74, 6) is 0.635. The molecule has 0 N–H and O–H groups in total. The highest BCUT2D eigenvalue weighted by atomic mass is 31.1. The van der Waals surface area contributed by atoms with Crippen molar-refractivity contribution >= 4 is 8.15 Å². The van der Waals surface area contributed by atoms with E-state index in [1.807, 2.05) is 0 Å². The molecule has 2 saturated heterocycles. The van der Waals surface area contributed by atoms with Gasteiger partial charge < -0.3 is 4.52 Å². The Bertz CT molecular complexity index is 711. The molecular weight excluding hydrogens is 275 g/mol. The third-order valence-corrected chi connectivity index (χ3v) is 8.57. The normalized spacial score (nSPS) is 39.0. The average molecular weight is 292 g/mol. The minimum Gasteiger partial charge on any atom is -0.356 e. The SMILES string of the molecule is C1=CC2(c3ccccc3)C3COP2C1(c1ccccc1)C3. The van der Waals surface area contributed by atoms with Crippen molar-refractivity contribution in [3.63, 3.8) is 0 Å². The summed E-state index contributed by atoms with van der Waals surface area (Å²) in [7, 11) is -0.512. The van der Waals surface area contributed by atoms with Gasteiger partial charge in [0.2, 0.25) is 0 Å². The highest BCUT2D eigenvalue weighted by molar-refractivity contribution is 7.57. The number of allylic oxidation sites excluding steroid dienone is 2. The van der Waals surface area contributed by atoms with Gasteiger partial charge >= 0.3 is 0 Å². The highest BCUT2D eigenvalue weighted by Gasteiger charge is 2.69. The first-order valence-corrected chi connectivity index (χ1v) is 8.87. The van der Waals surface area contributed by atoms with Crippen LogP contribution in [0.15, 0.2) is 72.8 Å². The molecule has 0 aliphatic carbocycles. The van der Waals surface area contributed by atoms with Crippen LogP contribution in [0.3, 0.4) is 0 Å². The zero-order chi connectivity index (χ0) is 13.9. The molecule has 4 atom stereocenters. The number of benzene rings is 2. The van der Waals surface area contributed by atoms with Crippen LogP contribution in [0.1, 0.15) is 17.5 Å². The lowest BCUT2D eigenvalue weighted by Crippen LogP contribution is -2.27. The van der Waals surface area contributed by atoms with Crippen molar-refractivity contribution in [2.75, 3.05) is 6.61 Å². The van der Waals surface area contributed by atoms with E-state index in [4.69, 9.17) is 4.52 Å². The molecule has 4 bridgehead atoms. The van der Waals surface area contributed by atoms with Crippen LogP contribution in [0.4, 0.5) is 0 Å². The van der Waals surface area contributed by atoms with E-state index < -0.39 is 8.15 Å². The third kappa shape index (κ3) is 1.34. The molecule has 21 heavy (non-hydrogen) atoms. The fraction of sp³-hybridized carbons (Fsp3) is 0.263. The fourth-order valence-electron chi connectivity index (χ4n) is 4.50. The number of hydrogen-bond acceptors (Lipinski definition) is 1. The standard InChI is InChI=1S/C19H17OP/c1-3-7-15(8-4-1)18-11-12-19(16-9-5-2-6-10-16)17(13-18)14-20-21(18)19/h1-12,17H,13-14H2. The average Bonchev–Trinajstić information content (AvgIpc) is 3.19. The van der Waals surface area contributed by atoms with Gasteiger partial charge in [-0.25, -0.2) is 0 Å². The summed E-state index contributed by atoms with van der Waals surface area (Å²) in [6.07, 6.45) is 6.17. The van der Waals surface area contributed by atoms with E-state index in [1.54, 1.807) is 0 Å². The molecule has 4 unspecified atom stereocenters. The first-order chi connectivity index (χ1) is 10.4. The Kier molecular flexibility index (Phi) is 2.35. The predicted octanol–water partition coefficient (Wildman–Crippen LogP) is 4.79. The van der Waals surface area contributed by atoms with Crippen LogP contribution in [0.5, 0.6) is 0 Å². The second kappa shape index (κ2) is 4.06. The lowest BCUT2D eigenvalue weighted by molar-refractivity contribution is 0.252. The van der Waals surface area contributed by atoms with E-state index in [0.717, 1.165) is 6.61 Å². The molecule has 3 heterocycles. The second-order valence-corrected chi connectivity index (χ2v) is 8.69. The van der Waals surface area contributed by atoms with Crippen LogP contribution >= 0.6 is 8.15 Å². The van der Waals surface area contributed by atoms with Gasteiger partial charge in [0.15, 0.2) is 0 Å². The highest BCUT2D eigenvalue weighted by Crippen LogP contribution is 2.86. The Hall–Kier alpha value is -1.43. The Morgan fingerprint density at radius 1 is 0.857 bits per heavy atom. The van der Waals surface area contributed by atoms with Crippen LogP contribution in [0, 0.1) is 5.92 Å². The van der Waals surface area contributed by atoms with Gasteiger partial charge in [-0.05, 0) is 17.5 Å². The third-order valence-electron chi connectivity index (χ3n) is 5.41. The Labute approximate surface area is 126 Å². The van der Waals surface area contributed by atoms with Gasteiger partial charge in [-0.1, -0.05) is 72.8 Å². The van der Waals surface area contributed by atoms with Gasteiger partial charge in [0.1, 0.15) is 0 Å². The van der Waals surface area contributed by atoms with Crippen LogP contribution in [-0.4, -0.2) is 6.61 Å². The molecule has 0 aromatic heterocycles. The summed E-state index contributed by atoms with van der Waals surface area (Å²) in [6.45, 7) is 0.930. The summed E-state index contributed by atoms with van der Waals surface area (Å²) in [4.78, 5) is 0. The Morgan fingerprint density at radius 3 is 2.24 bits per heavy atom. The molecule has 5 rings (SSSR count). The molecule has 104 valence electrons. The molecule has 3 aliphatic heterocycles. The molecule has 2 fully saturated rings. The zero-order valence-corrected chi connectivity index (χ0v) is 12.7. The minimum absolute atomic E-state index is 0.148. The summed E-state index contributed by atoms with van der Waals surface area (Å²) in [6, 6.07) is 22.0. The molecule has 3 aliphatic rings. The molecule has 2 aromatic carbocycles. The summed E-state index contributed by atoms with van der Waals surface area (Å²) >= 11 is 0. The largest absolute Gasteiger partial charge is 0.356 e. The first-order valence-electron chi connectivity index (χ1n) is 7.61. The van der Waals surface area contributed by atoms with Crippen LogP contribution in [0.2, 0.25) is 0 Å². The van der Waals surface area contributed by atoms with Crippen LogP contribution in [0.25, 0.3) is 0 Å². The second-order valence-electron chi connectivity index (χ2n) is 6.31. The maximum absolute atomic E-state index is 6.36. The quantitative estimate of drug-likeness (QED) is 0.571. The number of rotatable bonds is 2. The molecule has 1 nitrogen and oxygen atoms in total. The first kappa shape index (κ1) is 12.1. The Balaban J connectivity index is 1.69. The molecule has 2 aromatic rings. The fourth-order valence-corrected chi connectivity index (χ4v) is 8.00. The summed E-state index contributed by atoms with van der Waals surface area (Å²) < 4.78 is 6.36. The van der Waals surface area contributed by atoms with Gasteiger partial charge in [-0.2, -0.15) is 0 Å². The van der Waals surface area contributed by atoms with Gasteiger partial charge in [-0.15, -0.1) is 0 Å². The lowest BCUT2D eigenvalue weighted by Gasteiger charge is -2.33. The Morgan fingerprint density at radius 2 is 1.52 bits per heavy atom.